The van der Waals surface area contributed by atoms with E-state index in [4.69, 9.17) is 0 Å². The van der Waals surface area contributed by atoms with Gasteiger partial charge in [-0.05, 0) is 91.4 Å². The fourth-order valence-electron chi connectivity index (χ4n) is 4.36. The Morgan fingerprint density at radius 3 is 2.62 bits per heavy atom. The van der Waals surface area contributed by atoms with Crippen molar-refractivity contribution >= 4 is 27.2 Å². The number of aromatic nitrogens is 2. The largest absolute Gasteiger partial charge is 0.310 e. The highest BCUT2D eigenvalue weighted by Crippen LogP contribution is 2.30. The van der Waals surface area contributed by atoms with Gasteiger partial charge in [-0.3, -0.25) is 9.20 Å². The number of imidazole rings is 1. The molecule has 5 rings (SSSR count). The van der Waals surface area contributed by atoms with E-state index in [1.807, 2.05) is 25.1 Å². The van der Waals surface area contributed by atoms with E-state index in [0.717, 1.165) is 30.4 Å². The average molecular weight is 478 g/mol. The molecule has 174 valence electrons. The summed E-state index contributed by atoms with van der Waals surface area (Å²) >= 11 is 0. The number of amides is 1. The molecule has 6 nitrogen and oxygen atoms in total. The fourth-order valence-corrected chi connectivity index (χ4v) is 5.64. The molecule has 0 saturated heterocycles. The van der Waals surface area contributed by atoms with E-state index in [1.54, 1.807) is 34.9 Å². The molecule has 1 aliphatic rings. The molecule has 0 spiro atoms. The quantitative estimate of drug-likeness (QED) is 0.435. The number of sulfone groups is 1. The standard InChI is InChI=1S/C26H24FN3O3S/c1-17-11-13-30-23(15-17)28-25(19-5-8-21(27)9-6-19)26(30)29-24(31)12-14-34(32,33)22-10-7-18-3-2-4-20(18)16-22/h5-11,13,15-16H,2-4,12,14H2,1H3,(H,29,31). The van der Waals surface area contributed by atoms with Gasteiger partial charge in [0.2, 0.25) is 5.91 Å². The van der Waals surface area contributed by atoms with Crippen LogP contribution < -0.4 is 5.32 Å². The second-order valence-corrected chi connectivity index (χ2v) is 10.8. The van der Waals surface area contributed by atoms with Crippen LogP contribution in [0.2, 0.25) is 0 Å². The van der Waals surface area contributed by atoms with Crippen molar-refractivity contribution in [2.24, 2.45) is 0 Å². The van der Waals surface area contributed by atoms with Gasteiger partial charge >= 0.3 is 0 Å². The SMILES string of the molecule is Cc1ccn2c(NC(=O)CCS(=O)(=O)c3ccc4c(c3)CCC4)c(-c3ccc(F)cc3)nc2c1. The predicted molar refractivity (Wildman–Crippen MR) is 129 cm³/mol. The van der Waals surface area contributed by atoms with Crippen LogP contribution in [0.1, 0.15) is 29.5 Å². The second-order valence-electron chi connectivity index (χ2n) is 8.65. The maximum atomic E-state index is 13.4. The van der Waals surface area contributed by atoms with Gasteiger partial charge in [-0.15, -0.1) is 0 Å². The third-order valence-electron chi connectivity index (χ3n) is 6.18. The Morgan fingerprint density at radius 2 is 1.82 bits per heavy atom. The highest BCUT2D eigenvalue weighted by molar-refractivity contribution is 7.91. The minimum atomic E-state index is -3.60. The summed E-state index contributed by atoms with van der Waals surface area (Å²) in [4.78, 5) is 17.7. The number of hydrogen-bond acceptors (Lipinski definition) is 4. The Labute approximate surface area is 197 Å². The van der Waals surface area contributed by atoms with Gasteiger partial charge in [0.25, 0.3) is 0 Å². The minimum Gasteiger partial charge on any atom is -0.310 e. The van der Waals surface area contributed by atoms with Crippen molar-refractivity contribution in [3.8, 4) is 11.3 Å². The van der Waals surface area contributed by atoms with E-state index in [-0.39, 0.29) is 22.9 Å². The molecule has 2 heterocycles. The number of aryl methyl sites for hydroxylation is 3. The van der Waals surface area contributed by atoms with Crippen molar-refractivity contribution in [3.63, 3.8) is 0 Å². The van der Waals surface area contributed by atoms with Crippen molar-refractivity contribution in [2.75, 3.05) is 11.1 Å². The number of halogens is 1. The third kappa shape index (κ3) is 4.33. The summed E-state index contributed by atoms with van der Waals surface area (Å²) in [5.74, 6) is -0.679. The molecular formula is C26H24FN3O3S. The Bertz CT molecular complexity index is 1510. The number of benzene rings is 2. The van der Waals surface area contributed by atoms with Crippen molar-refractivity contribution in [1.29, 1.82) is 0 Å². The lowest BCUT2D eigenvalue weighted by atomic mass is 10.1. The maximum Gasteiger partial charge on any atom is 0.226 e. The monoisotopic (exact) mass is 477 g/mol. The molecule has 1 amide bonds. The van der Waals surface area contributed by atoms with Crippen LogP contribution in [0.15, 0.2) is 65.7 Å². The summed E-state index contributed by atoms with van der Waals surface area (Å²) < 4.78 is 40.9. The van der Waals surface area contributed by atoms with E-state index < -0.39 is 15.7 Å². The molecule has 0 saturated carbocycles. The molecule has 0 radical (unpaired) electrons. The van der Waals surface area contributed by atoms with Crippen LogP contribution in [0.4, 0.5) is 10.2 Å². The first kappa shape index (κ1) is 22.3. The molecule has 1 N–H and O–H groups in total. The molecule has 1 aliphatic carbocycles. The number of nitrogens with zero attached hydrogens (tertiary/aromatic N) is 2. The Hall–Kier alpha value is -3.52. The van der Waals surface area contributed by atoms with Crippen molar-refractivity contribution in [3.05, 3.63) is 83.3 Å². The number of hydrogen-bond donors (Lipinski definition) is 1. The molecule has 2 aromatic heterocycles. The summed E-state index contributed by atoms with van der Waals surface area (Å²) in [5.41, 5.74) is 5.04. The van der Waals surface area contributed by atoms with Gasteiger partial charge in [0.15, 0.2) is 9.84 Å². The smallest absolute Gasteiger partial charge is 0.226 e. The maximum absolute atomic E-state index is 13.4. The summed E-state index contributed by atoms with van der Waals surface area (Å²) in [6.07, 6.45) is 4.51. The van der Waals surface area contributed by atoms with Gasteiger partial charge in [0.05, 0.1) is 10.6 Å². The predicted octanol–water partition coefficient (Wildman–Crippen LogP) is 4.74. The van der Waals surface area contributed by atoms with Crippen LogP contribution in [-0.2, 0) is 27.5 Å². The molecule has 0 unspecified atom stereocenters. The lowest BCUT2D eigenvalue weighted by Gasteiger charge is -2.09. The Kier molecular flexibility index (Phi) is 5.69. The second kappa shape index (κ2) is 8.68. The lowest BCUT2D eigenvalue weighted by Crippen LogP contribution is -2.18. The van der Waals surface area contributed by atoms with Crippen molar-refractivity contribution in [1.82, 2.24) is 9.38 Å². The van der Waals surface area contributed by atoms with E-state index >= 15 is 0 Å². The summed E-state index contributed by atoms with van der Waals surface area (Å²) in [6, 6.07) is 14.9. The van der Waals surface area contributed by atoms with Crippen LogP contribution in [0.3, 0.4) is 0 Å². The van der Waals surface area contributed by atoms with Gasteiger partial charge in [-0.25, -0.2) is 17.8 Å². The molecule has 0 aliphatic heterocycles. The van der Waals surface area contributed by atoms with E-state index in [0.29, 0.717) is 22.7 Å². The number of pyridine rings is 1. The van der Waals surface area contributed by atoms with Gasteiger partial charge in [-0.1, -0.05) is 6.07 Å². The summed E-state index contributed by atoms with van der Waals surface area (Å²) in [7, 11) is -3.60. The topological polar surface area (TPSA) is 80.5 Å². The van der Waals surface area contributed by atoms with Crippen LogP contribution in [0, 0.1) is 12.7 Å². The van der Waals surface area contributed by atoms with Gasteiger partial charge < -0.3 is 5.32 Å². The molecule has 0 bridgehead atoms. The first-order valence-electron chi connectivity index (χ1n) is 11.2. The number of fused-ring (bicyclic) bond motifs is 2. The van der Waals surface area contributed by atoms with E-state index in [1.165, 1.54) is 17.7 Å². The minimum absolute atomic E-state index is 0.193. The van der Waals surface area contributed by atoms with Crippen LogP contribution in [0.25, 0.3) is 16.9 Å². The number of carbonyl (C=O) groups excluding carboxylic acids is 1. The number of rotatable bonds is 6. The number of anilines is 1. The molecule has 0 fully saturated rings. The molecular weight excluding hydrogens is 453 g/mol. The Balaban J connectivity index is 1.39. The van der Waals surface area contributed by atoms with E-state index in [2.05, 4.69) is 10.3 Å². The van der Waals surface area contributed by atoms with Crippen molar-refractivity contribution < 1.29 is 17.6 Å². The zero-order chi connectivity index (χ0) is 23.9. The van der Waals surface area contributed by atoms with Gasteiger partial charge in [0, 0.05) is 18.2 Å². The number of nitrogens with one attached hydrogen (secondary N) is 1. The van der Waals surface area contributed by atoms with Crippen LogP contribution >= 0.6 is 0 Å². The highest BCUT2D eigenvalue weighted by Gasteiger charge is 2.22. The van der Waals surface area contributed by atoms with Gasteiger partial charge in [-0.2, -0.15) is 0 Å². The van der Waals surface area contributed by atoms with Crippen LogP contribution in [-0.4, -0.2) is 29.5 Å². The highest BCUT2D eigenvalue weighted by atomic mass is 32.2. The zero-order valence-electron chi connectivity index (χ0n) is 18.7. The summed E-state index contributed by atoms with van der Waals surface area (Å²) in [5, 5.41) is 2.84. The Morgan fingerprint density at radius 1 is 1.06 bits per heavy atom. The fraction of sp³-hybridized carbons (Fsp3) is 0.231. The lowest BCUT2D eigenvalue weighted by molar-refractivity contribution is -0.115. The first-order valence-corrected chi connectivity index (χ1v) is 12.8. The normalized spacial score (nSPS) is 13.2. The first-order chi connectivity index (χ1) is 16.3. The molecule has 8 heteroatoms. The molecule has 0 atom stereocenters. The third-order valence-corrected chi connectivity index (χ3v) is 7.90. The van der Waals surface area contributed by atoms with Crippen molar-refractivity contribution in [2.45, 2.75) is 37.5 Å². The van der Waals surface area contributed by atoms with E-state index in [9.17, 15) is 17.6 Å². The number of carbonyl (C=O) groups is 1. The molecule has 34 heavy (non-hydrogen) atoms. The van der Waals surface area contributed by atoms with Gasteiger partial charge in [0.1, 0.15) is 23.0 Å². The zero-order valence-corrected chi connectivity index (χ0v) is 19.5. The molecule has 4 aromatic rings. The molecule has 2 aromatic carbocycles. The average Bonchev–Trinajstić information content (AvgIpc) is 3.42. The summed E-state index contributed by atoms with van der Waals surface area (Å²) in [6.45, 7) is 1.94. The van der Waals surface area contributed by atoms with Crippen LogP contribution in [0.5, 0.6) is 0 Å².